The Morgan fingerprint density at radius 3 is 2.76 bits per heavy atom. The molecular weight excluding hydrogens is 214 g/mol. The number of aromatic nitrogens is 2. The van der Waals surface area contributed by atoms with E-state index in [1.54, 1.807) is 6.20 Å². The lowest BCUT2D eigenvalue weighted by molar-refractivity contribution is 0.183. The molecule has 4 heteroatoms. The summed E-state index contributed by atoms with van der Waals surface area (Å²) in [6.45, 7) is 1.44. The van der Waals surface area contributed by atoms with E-state index >= 15 is 0 Å². The van der Waals surface area contributed by atoms with Gasteiger partial charge in [0.2, 0.25) is 0 Å². The maximum absolute atomic E-state index is 5.71. The molecule has 1 aromatic carbocycles. The van der Waals surface area contributed by atoms with Crippen molar-refractivity contribution in [2.45, 2.75) is 12.0 Å². The first-order chi connectivity index (χ1) is 8.34. The molecule has 2 aromatic rings. The summed E-state index contributed by atoms with van der Waals surface area (Å²) in [4.78, 5) is 0. The van der Waals surface area contributed by atoms with Crippen LogP contribution in [0.3, 0.4) is 0 Å². The second-order valence-corrected chi connectivity index (χ2v) is 4.38. The number of nitrogen functional groups attached to an aromatic ring is 1. The minimum Gasteiger partial charge on any atom is -0.396 e. The van der Waals surface area contributed by atoms with Gasteiger partial charge in [-0.05, 0) is 5.56 Å². The van der Waals surface area contributed by atoms with Gasteiger partial charge in [-0.2, -0.15) is 5.10 Å². The summed E-state index contributed by atoms with van der Waals surface area (Å²) in [5.74, 6) is 0.357. The molecule has 2 atom stereocenters. The van der Waals surface area contributed by atoms with Gasteiger partial charge in [0.15, 0.2) is 0 Å². The van der Waals surface area contributed by atoms with Gasteiger partial charge in [0.05, 0.1) is 31.1 Å². The van der Waals surface area contributed by atoms with Gasteiger partial charge in [-0.15, -0.1) is 0 Å². The van der Waals surface area contributed by atoms with Crippen LogP contribution in [0.25, 0.3) is 0 Å². The highest BCUT2D eigenvalue weighted by molar-refractivity contribution is 5.31. The number of hydrogen-bond donors (Lipinski definition) is 1. The first-order valence-corrected chi connectivity index (χ1v) is 5.77. The van der Waals surface area contributed by atoms with Crippen LogP contribution in [0.5, 0.6) is 0 Å². The number of hydrogen-bond acceptors (Lipinski definition) is 3. The van der Waals surface area contributed by atoms with Gasteiger partial charge in [-0.25, -0.2) is 0 Å². The van der Waals surface area contributed by atoms with E-state index in [1.165, 1.54) is 5.56 Å². The van der Waals surface area contributed by atoms with Crippen LogP contribution in [0.2, 0.25) is 0 Å². The van der Waals surface area contributed by atoms with Crippen LogP contribution in [0, 0.1) is 0 Å². The maximum atomic E-state index is 5.71. The number of benzene rings is 1. The standard InChI is InChI=1S/C13H15N3O/c14-11-6-15-16(7-11)13-9-17-8-12(13)10-4-2-1-3-5-10/h1-7,12-13H,8-9,14H2/t12-,13+/m1/s1. The van der Waals surface area contributed by atoms with Crippen LogP contribution < -0.4 is 5.73 Å². The van der Waals surface area contributed by atoms with Gasteiger partial charge in [0.25, 0.3) is 0 Å². The Morgan fingerprint density at radius 2 is 2.06 bits per heavy atom. The van der Waals surface area contributed by atoms with Gasteiger partial charge in [0.1, 0.15) is 0 Å². The van der Waals surface area contributed by atoms with Crippen molar-refractivity contribution in [2.75, 3.05) is 18.9 Å². The van der Waals surface area contributed by atoms with Crippen molar-refractivity contribution in [1.82, 2.24) is 9.78 Å². The minimum atomic E-state index is 0.245. The first-order valence-electron chi connectivity index (χ1n) is 5.77. The fraction of sp³-hybridized carbons (Fsp3) is 0.308. The van der Waals surface area contributed by atoms with Crippen LogP contribution in [0.4, 0.5) is 5.69 Å². The number of anilines is 1. The Morgan fingerprint density at radius 1 is 1.24 bits per heavy atom. The second kappa shape index (κ2) is 4.22. The van der Waals surface area contributed by atoms with Crippen LogP contribution in [0.1, 0.15) is 17.5 Å². The van der Waals surface area contributed by atoms with Crippen molar-refractivity contribution in [3.8, 4) is 0 Å². The highest BCUT2D eigenvalue weighted by Gasteiger charge is 2.31. The van der Waals surface area contributed by atoms with Gasteiger partial charge in [0, 0.05) is 12.1 Å². The minimum absolute atomic E-state index is 0.245. The summed E-state index contributed by atoms with van der Waals surface area (Å²) >= 11 is 0. The largest absolute Gasteiger partial charge is 0.396 e. The summed E-state index contributed by atoms with van der Waals surface area (Å²) in [6.07, 6.45) is 3.55. The van der Waals surface area contributed by atoms with E-state index in [1.807, 2.05) is 16.9 Å². The third-order valence-corrected chi connectivity index (χ3v) is 3.24. The molecule has 17 heavy (non-hydrogen) atoms. The molecule has 2 N–H and O–H groups in total. The molecule has 0 bridgehead atoms. The quantitative estimate of drug-likeness (QED) is 0.854. The lowest BCUT2D eigenvalue weighted by Crippen LogP contribution is -2.16. The predicted octanol–water partition coefficient (Wildman–Crippen LogP) is 1.82. The van der Waals surface area contributed by atoms with E-state index in [4.69, 9.17) is 10.5 Å². The van der Waals surface area contributed by atoms with Crippen molar-refractivity contribution in [1.29, 1.82) is 0 Å². The molecule has 4 nitrogen and oxygen atoms in total. The average molecular weight is 229 g/mol. The molecule has 0 unspecified atom stereocenters. The van der Waals surface area contributed by atoms with Crippen molar-refractivity contribution in [3.05, 3.63) is 48.3 Å². The lowest BCUT2D eigenvalue weighted by atomic mass is 9.94. The molecule has 2 heterocycles. The molecule has 1 saturated heterocycles. The Hall–Kier alpha value is -1.81. The van der Waals surface area contributed by atoms with Crippen molar-refractivity contribution in [3.63, 3.8) is 0 Å². The highest BCUT2D eigenvalue weighted by atomic mass is 16.5. The van der Waals surface area contributed by atoms with Gasteiger partial charge >= 0.3 is 0 Å². The lowest BCUT2D eigenvalue weighted by Gasteiger charge is -2.18. The third kappa shape index (κ3) is 1.91. The van der Waals surface area contributed by atoms with Crippen LogP contribution >= 0.6 is 0 Å². The van der Waals surface area contributed by atoms with E-state index in [-0.39, 0.29) is 6.04 Å². The summed E-state index contributed by atoms with van der Waals surface area (Å²) in [7, 11) is 0. The molecule has 88 valence electrons. The normalized spacial score (nSPS) is 24.0. The van der Waals surface area contributed by atoms with Crippen molar-refractivity contribution < 1.29 is 4.74 Å². The third-order valence-electron chi connectivity index (χ3n) is 3.24. The number of nitrogens with two attached hydrogens (primary N) is 1. The zero-order valence-electron chi connectivity index (χ0n) is 9.49. The number of nitrogens with zero attached hydrogens (tertiary/aromatic N) is 2. The topological polar surface area (TPSA) is 53.1 Å². The number of ether oxygens (including phenoxy) is 1. The Kier molecular flexibility index (Phi) is 2.57. The fourth-order valence-electron chi connectivity index (χ4n) is 2.36. The van der Waals surface area contributed by atoms with Gasteiger partial charge in [-0.3, -0.25) is 4.68 Å². The SMILES string of the molecule is Nc1cnn([C@H]2COC[C@@H]2c2ccccc2)c1. The molecule has 0 radical (unpaired) electrons. The van der Waals surface area contributed by atoms with Crippen molar-refractivity contribution in [2.24, 2.45) is 0 Å². The fourth-order valence-corrected chi connectivity index (χ4v) is 2.36. The zero-order valence-corrected chi connectivity index (χ0v) is 9.49. The zero-order chi connectivity index (χ0) is 11.7. The summed E-state index contributed by atoms with van der Waals surface area (Å²) < 4.78 is 7.50. The summed E-state index contributed by atoms with van der Waals surface area (Å²) in [5, 5.41) is 4.29. The second-order valence-electron chi connectivity index (χ2n) is 4.38. The Bertz CT molecular complexity index is 494. The van der Waals surface area contributed by atoms with Crippen molar-refractivity contribution >= 4 is 5.69 Å². The number of rotatable bonds is 2. The predicted molar refractivity (Wildman–Crippen MR) is 65.7 cm³/mol. The molecule has 0 spiro atoms. The van der Waals surface area contributed by atoms with Crippen LogP contribution in [0.15, 0.2) is 42.7 Å². The summed E-state index contributed by atoms with van der Waals surface area (Å²) in [5.41, 5.74) is 7.70. The monoisotopic (exact) mass is 229 g/mol. The van der Waals surface area contributed by atoms with E-state index in [2.05, 4.69) is 29.4 Å². The molecule has 1 aliphatic rings. The molecule has 3 rings (SSSR count). The molecular formula is C13H15N3O. The Balaban J connectivity index is 1.90. The molecule has 1 aliphatic heterocycles. The molecule has 1 aromatic heterocycles. The smallest absolute Gasteiger partial charge is 0.0843 e. The van der Waals surface area contributed by atoms with Crippen LogP contribution in [-0.4, -0.2) is 23.0 Å². The van der Waals surface area contributed by atoms with E-state index < -0.39 is 0 Å². The molecule has 0 saturated carbocycles. The van der Waals surface area contributed by atoms with E-state index in [0.29, 0.717) is 18.2 Å². The van der Waals surface area contributed by atoms with Gasteiger partial charge in [-0.1, -0.05) is 30.3 Å². The molecule has 0 amide bonds. The van der Waals surface area contributed by atoms with E-state index in [0.717, 1.165) is 6.61 Å². The molecule has 1 fully saturated rings. The first kappa shape index (κ1) is 10.4. The Labute approximate surface area is 100 Å². The molecule has 0 aliphatic carbocycles. The summed E-state index contributed by atoms with van der Waals surface area (Å²) in [6, 6.07) is 10.7. The highest BCUT2D eigenvalue weighted by Crippen LogP contribution is 2.34. The van der Waals surface area contributed by atoms with Gasteiger partial charge < -0.3 is 10.5 Å². The average Bonchev–Trinajstić information content (AvgIpc) is 2.98. The van der Waals surface area contributed by atoms with Crippen LogP contribution in [-0.2, 0) is 4.74 Å². The maximum Gasteiger partial charge on any atom is 0.0843 e. The van der Waals surface area contributed by atoms with E-state index in [9.17, 15) is 0 Å².